The highest BCUT2D eigenvalue weighted by atomic mass is 35.5. The zero-order valence-corrected chi connectivity index (χ0v) is 9.24. The number of aromatic nitrogens is 4. The Morgan fingerprint density at radius 2 is 2.31 bits per heavy atom. The Hall–Kier alpha value is -1.53. The van der Waals surface area contributed by atoms with Gasteiger partial charge in [-0.05, 0) is 34.7 Å². The summed E-state index contributed by atoms with van der Waals surface area (Å²) in [5.74, 6) is 0.0321. The third-order valence-corrected chi connectivity index (χ3v) is 2.21. The largest absolute Gasteiger partial charge is 0.229 e. The fourth-order valence-corrected chi connectivity index (χ4v) is 1.52. The smallest absolute Gasteiger partial charge is 0.205 e. The fourth-order valence-electron chi connectivity index (χ4n) is 1.37. The van der Waals surface area contributed by atoms with E-state index >= 15 is 0 Å². The first-order chi connectivity index (χ1) is 7.70. The lowest BCUT2D eigenvalue weighted by Gasteiger charge is -2.04. The van der Waals surface area contributed by atoms with Crippen LogP contribution in [0.5, 0.6) is 0 Å². The van der Waals surface area contributed by atoms with E-state index in [2.05, 4.69) is 20.2 Å². The number of hydrogen-bond acceptors (Lipinski definition) is 4. The zero-order valence-electron chi connectivity index (χ0n) is 8.48. The number of rotatable bonds is 3. The lowest BCUT2D eigenvalue weighted by molar-refractivity contribution is 0.626. The molecule has 0 aliphatic heterocycles. The van der Waals surface area contributed by atoms with Gasteiger partial charge in [-0.25, -0.2) is 9.23 Å². The van der Waals surface area contributed by atoms with Gasteiger partial charge in [-0.2, -0.15) is 4.80 Å². The van der Waals surface area contributed by atoms with Crippen molar-refractivity contribution in [3.05, 3.63) is 29.6 Å². The molecule has 0 amide bonds. The molecule has 0 spiro atoms. The summed E-state index contributed by atoms with van der Waals surface area (Å²) in [7, 11) is 1.65. The quantitative estimate of drug-likeness (QED) is 0.822. The van der Waals surface area contributed by atoms with Crippen LogP contribution in [0.4, 0.5) is 4.39 Å². The maximum absolute atomic E-state index is 13.1. The highest BCUT2D eigenvalue weighted by Crippen LogP contribution is 2.20. The Bertz CT molecular complexity index is 498. The lowest BCUT2D eigenvalue weighted by atomic mass is 10.1. The molecule has 1 aromatic heterocycles. The summed E-state index contributed by atoms with van der Waals surface area (Å²) in [5, 5.41) is 11.6. The Kier molecular flexibility index (Phi) is 3.12. The zero-order chi connectivity index (χ0) is 11.5. The van der Waals surface area contributed by atoms with Gasteiger partial charge in [0.25, 0.3) is 0 Å². The third kappa shape index (κ3) is 2.17. The van der Waals surface area contributed by atoms with Gasteiger partial charge in [0.2, 0.25) is 5.82 Å². The second kappa shape index (κ2) is 4.54. The van der Waals surface area contributed by atoms with Crippen molar-refractivity contribution in [2.75, 3.05) is 0 Å². The molecule has 0 aliphatic carbocycles. The maximum atomic E-state index is 13.1. The average molecular weight is 242 g/mol. The number of hydrogen-bond donors (Lipinski definition) is 1. The molecule has 0 saturated heterocycles. The Labute approximate surface area is 96.3 Å². The van der Waals surface area contributed by atoms with Crippen LogP contribution in [0.3, 0.4) is 0 Å². The number of benzene rings is 1. The molecular formula is C9H9ClFN5. The molecule has 2 rings (SSSR count). The summed E-state index contributed by atoms with van der Waals surface area (Å²) in [4.78, 5) is 3.81. The van der Waals surface area contributed by atoms with E-state index in [1.165, 1.54) is 16.9 Å². The molecule has 1 N–H and O–H groups in total. The fraction of sp³-hybridized carbons (Fsp3) is 0.222. The third-order valence-electron chi connectivity index (χ3n) is 2.08. The standard InChI is InChI=1S/C9H9ClFN5/c1-16-14-9(13-15-16)8-4-7(11)3-2-6(8)5-12-10/h2-4,12H,5H2,1H3. The molecule has 1 heterocycles. The lowest BCUT2D eigenvalue weighted by Crippen LogP contribution is -2.02. The molecule has 2 aromatic rings. The predicted octanol–water partition coefficient (Wildman–Crippen LogP) is 1.26. The van der Waals surface area contributed by atoms with E-state index in [0.717, 1.165) is 5.56 Å². The van der Waals surface area contributed by atoms with Gasteiger partial charge >= 0.3 is 0 Å². The van der Waals surface area contributed by atoms with Gasteiger partial charge in [0.1, 0.15) is 5.82 Å². The molecule has 0 unspecified atom stereocenters. The van der Waals surface area contributed by atoms with Crippen LogP contribution in [0, 0.1) is 5.82 Å². The van der Waals surface area contributed by atoms with Gasteiger partial charge in [-0.3, -0.25) is 0 Å². The van der Waals surface area contributed by atoms with Crippen molar-refractivity contribution in [2.24, 2.45) is 7.05 Å². The second-order valence-electron chi connectivity index (χ2n) is 3.21. The van der Waals surface area contributed by atoms with E-state index in [9.17, 15) is 4.39 Å². The highest BCUT2D eigenvalue weighted by Gasteiger charge is 2.11. The van der Waals surface area contributed by atoms with Crippen LogP contribution in [0.1, 0.15) is 5.56 Å². The molecule has 0 atom stereocenters. The van der Waals surface area contributed by atoms with Gasteiger partial charge in [-0.15, -0.1) is 10.2 Å². The molecule has 0 bridgehead atoms. The van der Waals surface area contributed by atoms with Crippen LogP contribution in [0.25, 0.3) is 11.4 Å². The molecule has 0 aliphatic rings. The van der Waals surface area contributed by atoms with Crippen molar-refractivity contribution in [1.29, 1.82) is 0 Å². The first-order valence-electron chi connectivity index (χ1n) is 4.57. The van der Waals surface area contributed by atoms with Crippen LogP contribution in [-0.2, 0) is 13.6 Å². The molecule has 7 heteroatoms. The van der Waals surface area contributed by atoms with Crippen LogP contribution in [-0.4, -0.2) is 20.2 Å². The van der Waals surface area contributed by atoms with Crippen molar-refractivity contribution < 1.29 is 4.39 Å². The van der Waals surface area contributed by atoms with Crippen molar-refractivity contribution in [3.8, 4) is 11.4 Å². The average Bonchev–Trinajstić information content (AvgIpc) is 2.68. The topological polar surface area (TPSA) is 55.6 Å². The first-order valence-corrected chi connectivity index (χ1v) is 4.95. The molecule has 0 radical (unpaired) electrons. The molecule has 5 nitrogen and oxygen atoms in total. The number of aryl methyl sites for hydroxylation is 1. The maximum Gasteiger partial charge on any atom is 0.205 e. The monoisotopic (exact) mass is 241 g/mol. The van der Waals surface area contributed by atoms with E-state index in [1.54, 1.807) is 13.1 Å². The van der Waals surface area contributed by atoms with Crippen molar-refractivity contribution in [2.45, 2.75) is 6.54 Å². The highest BCUT2D eigenvalue weighted by molar-refractivity contribution is 6.13. The Balaban J connectivity index is 2.48. The van der Waals surface area contributed by atoms with Gasteiger partial charge < -0.3 is 0 Å². The van der Waals surface area contributed by atoms with Crippen molar-refractivity contribution in [3.63, 3.8) is 0 Å². The number of nitrogens with one attached hydrogen (secondary N) is 1. The Morgan fingerprint density at radius 3 is 2.94 bits per heavy atom. The first kappa shape index (κ1) is 11.0. The van der Waals surface area contributed by atoms with Crippen LogP contribution >= 0.6 is 11.8 Å². The minimum absolute atomic E-state index is 0.347. The molecule has 84 valence electrons. The van der Waals surface area contributed by atoms with E-state index in [1.807, 2.05) is 0 Å². The minimum atomic E-state index is -0.347. The second-order valence-corrected chi connectivity index (χ2v) is 3.48. The normalized spacial score (nSPS) is 10.7. The molecule has 0 fully saturated rings. The number of nitrogens with zero attached hydrogens (tertiary/aromatic N) is 4. The number of tetrazole rings is 1. The van der Waals surface area contributed by atoms with Gasteiger partial charge in [0.05, 0.1) is 7.05 Å². The molecule has 1 aromatic carbocycles. The van der Waals surface area contributed by atoms with E-state index in [-0.39, 0.29) is 5.82 Å². The van der Waals surface area contributed by atoms with Crippen LogP contribution in [0.15, 0.2) is 18.2 Å². The summed E-state index contributed by atoms with van der Waals surface area (Å²) in [6.45, 7) is 0.398. The Morgan fingerprint density at radius 1 is 1.50 bits per heavy atom. The molecular weight excluding hydrogens is 233 g/mol. The van der Waals surface area contributed by atoms with Crippen LogP contribution in [0.2, 0.25) is 0 Å². The summed E-state index contributed by atoms with van der Waals surface area (Å²) in [5.41, 5.74) is 1.39. The summed E-state index contributed by atoms with van der Waals surface area (Å²) < 4.78 is 13.1. The minimum Gasteiger partial charge on any atom is -0.229 e. The van der Waals surface area contributed by atoms with E-state index < -0.39 is 0 Å². The summed E-state index contributed by atoms with van der Waals surface area (Å²) >= 11 is 5.44. The van der Waals surface area contributed by atoms with E-state index in [4.69, 9.17) is 11.8 Å². The van der Waals surface area contributed by atoms with Gasteiger partial charge in [0, 0.05) is 12.1 Å². The van der Waals surface area contributed by atoms with Gasteiger partial charge in [-0.1, -0.05) is 6.07 Å². The van der Waals surface area contributed by atoms with Crippen LogP contribution < -0.4 is 4.84 Å². The number of halogens is 2. The van der Waals surface area contributed by atoms with E-state index in [0.29, 0.717) is 17.9 Å². The SMILES string of the molecule is Cn1nnc(-c2cc(F)ccc2CNCl)n1. The van der Waals surface area contributed by atoms with Crippen molar-refractivity contribution in [1.82, 2.24) is 25.0 Å². The molecule has 0 saturated carbocycles. The predicted molar refractivity (Wildman–Crippen MR) is 56.9 cm³/mol. The van der Waals surface area contributed by atoms with Gasteiger partial charge in [0.15, 0.2) is 0 Å². The summed E-state index contributed by atoms with van der Waals surface area (Å²) in [6.07, 6.45) is 0. The summed E-state index contributed by atoms with van der Waals surface area (Å²) in [6, 6.07) is 4.36. The molecule has 16 heavy (non-hydrogen) atoms. The van der Waals surface area contributed by atoms with Crippen molar-refractivity contribution >= 4 is 11.8 Å².